The van der Waals surface area contributed by atoms with Crippen LogP contribution in [0.15, 0.2) is 53.6 Å². The van der Waals surface area contributed by atoms with Crippen LogP contribution in [0, 0.1) is 5.82 Å². The molecule has 1 aliphatic rings. The van der Waals surface area contributed by atoms with Gasteiger partial charge in [-0.25, -0.2) is 23.9 Å². The van der Waals surface area contributed by atoms with Gasteiger partial charge in [-0.1, -0.05) is 18.2 Å². The average molecular weight is 446 g/mol. The smallest absolute Gasteiger partial charge is 0.356 e. The van der Waals surface area contributed by atoms with Crippen LogP contribution in [0.1, 0.15) is 28.5 Å². The minimum absolute atomic E-state index is 0.0100. The van der Waals surface area contributed by atoms with E-state index in [0.717, 1.165) is 5.56 Å². The summed E-state index contributed by atoms with van der Waals surface area (Å²) in [5.74, 6) is -1.21. The second-order valence-corrected chi connectivity index (χ2v) is 7.61. The van der Waals surface area contributed by atoms with Crippen LogP contribution in [0.3, 0.4) is 0 Å². The Bertz CT molecular complexity index is 1640. The standard InChI is InChI=1S/C22H15FN6O4/c23-11-5-6-13-15(9-11)28(10-24-13)21-25-18(20(30)31)17-19(27-21)29(22(32)26-17)14-7-8-33-16-4-2-1-3-12(14)16/h1-6,9-10,14H,7-8H2,(H,26,32)(H,30,31). The minimum Gasteiger partial charge on any atom is -0.493 e. The lowest BCUT2D eigenvalue weighted by molar-refractivity contribution is 0.0692. The summed E-state index contributed by atoms with van der Waals surface area (Å²) in [5, 5.41) is 9.80. The molecule has 0 radical (unpaired) electrons. The van der Waals surface area contributed by atoms with Gasteiger partial charge in [0.15, 0.2) is 11.3 Å². The quantitative estimate of drug-likeness (QED) is 0.436. The Morgan fingerprint density at radius 1 is 1.21 bits per heavy atom. The number of aromatic amines is 1. The van der Waals surface area contributed by atoms with Gasteiger partial charge in [0.25, 0.3) is 0 Å². The molecule has 33 heavy (non-hydrogen) atoms. The first-order valence-corrected chi connectivity index (χ1v) is 10.1. The predicted octanol–water partition coefficient (Wildman–Crippen LogP) is 2.67. The Morgan fingerprint density at radius 3 is 2.91 bits per heavy atom. The number of rotatable bonds is 3. The second kappa shape index (κ2) is 6.99. The number of benzene rings is 2. The van der Waals surface area contributed by atoms with Crippen molar-refractivity contribution in [1.29, 1.82) is 0 Å². The third kappa shape index (κ3) is 2.89. The first-order valence-electron chi connectivity index (χ1n) is 10.1. The van der Waals surface area contributed by atoms with Gasteiger partial charge in [0.2, 0.25) is 5.95 Å². The van der Waals surface area contributed by atoms with E-state index in [1.165, 1.54) is 33.7 Å². The molecule has 0 fully saturated rings. The van der Waals surface area contributed by atoms with Gasteiger partial charge in [-0.3, -0.25) is 9.13 Å². The summed E-state index contributed by atoms with van der Waals surface area (Å²) in [6.45, 7) is 0.385. The monoisotopic (exact) mass is 446 g/mol. The average Bonchev–Trinajstić information content (AvgIpc) is 3.37. The number of nitrogens with one attached hydrogen (secondary N) is 1. The van der Waals surface area contributed by atoms with Crippen LogP contribution in [0.2, 0.25) is 0 Å². The Hall–Kier alpha value is -4.54. The van der Waals surface area contributed by atoms with Crippen molar-refractivity contribution in [2.75, 3.05) is 6.61 Å². The number of hydrogen-bond acceptors (Lipinski definition) is 6. The van der Waals surface area contributed by atoms with Gasteiger partial charge in [0.05, 0.1) is 23.7 Å². The molecular weight excluding hydrogens is 431 g/mol. The highest BCUT2D eigenvalue weighted by atomic mass is 19.1. The van der Waals surface area contributed by atoms with E-state index in [9.17, 15) is 19.1 Å². The molecule has 0 saturated heterocycles. The maximum Gasteiger partial charge on any atom is 0.356 e. The SMILES string of the molecule is O=C(O)c1nc(-n2cnc3ccc(F)cc32)nc2c1[nH]c(=O)n2C1CCOc2ccccc21. The topological polar surface area (TPSA) is 128 Å². The van der Waals surface area contributed by atoms with Crippen LogP contribution in [0.25, 0.3) is 28.1 Å². The van der Waals surface area contributed by atoms with Crippen molar-refractivity contribution in [3.05, 3.63) is 76.4 Å². The van der Waals surface area contributed by atoms with Gasteiger partial charge in [0.1, 0.15) is 23.4 Å². The number of aromatic carboxylic acids is 1. The van der Waals surface area contributed by atoms with Crippen molar-refractivity contribution in [3.63, 3.8) is 0 Å². The summed E-state index contributed by atoms with van der Waals surface area (Å²) in [5.41, 5.74) is 0.900. The van der Waals surface area contributed by atoms with Gasteiger partial charge in [-0.2, -0.15) is 4.98 Å². The van der Waals surface area contributed by atoms with Crippen molar-refractivity contribution in [1.82, 2.24) is 29.1 Å². The van der Waals surface area contributed by atoms with Gasteiger partial charge in [-0.15, -0.1) is 0 Å². The molecule has 164 valence electrons. The summed E-state index contributed by atoms with van der Waals surface area (Å²) >= 11 is 0. The molecule has 0 bridgehead atoms. The lowest BCUT2D eigenvalue weighted by Crippen LogP contribution is -2.28. The molecule has 0 saturated carbocycles. The van der Waals surface area contributed by atoms with Crippen molar-refractivity contribution >= 4 is 28.2 Å². The van der Waals surface area contributed by atoms with Crippen LogP contribution in [-0.2, 0) is 0 Å². The van der Waals surface area contributed by atoms with E-state index in [2.05, 4.69) is 19.9 Å². The minimum atomic E-state index is -1.33. The maximum atomic E-state index is 13.9. The van der Waals surface area contributed by atoms with E-state index in [1.807, 2.05) is 24.3 Å². The molecule has 0 spiro atoms. The number of carboxylic acid groups (broad SMARTS) is 1. The van der Waals surface area contributed by atoms with Gasteiger partial charge in [-0.05, 0) is 18.2 Å². The lowest BCUT2D eigenvalue weighted by Gasteiger charge is -2.26. The third-order valence-corrected chi connectivity index (χ3v) is 5.72. The largest absolute Gasteiger partial charge is 0.493 e. The summed E-state index contributed by atoms with van der Waals surface area (Å²) < 4.78 is 22.4. The second-order valence-electron chi connectivity index (χ2n) is 7.61. The van der Waals surface area contributed by atoms with E-state index in [0.29, 0.717) is 29.8 Å². The van der Waals surface area contributed by atoms with E-state index in [1.54, 1.807) is 0 Å². The Morgan fingerprint density at radius 2 is 2.06 bits per heavy atom. The number of carboxylic acids is 1. The summed E-state index contributed by atoms with van der Waals surface area (Å²) in [4.78, 5) is 40.5. The highest BCUT2D eigenvalue weighted by Gasteiger charge is 2.29. The Kier molecular flexibility index (Phi) is 4.06. The molecule has 1 atom stereocenters. The molecule has 0 aliphatic carbocycles. The van der Waals surface area contributed by atoms with Crippen LogP contribution >= 0.6 is 0 Å². The normalized spacial score (nSPS) is 15.5. The van der Waals surface area contributed by atoms with E-state index in [4.69, 9.17) is 4.74 Å². The highest BCUT2D eigenvalue weighted by Crippen LogP contribution is 2.35. The zero-order valence-electron chi connectivity index (χ0n) is 16.9. The maximum absolute atomic E-state index is 13.9. The molecule has 1 aliphatic heterocycles. The molecule has 10 nitrogen and oxygen atoms in total. The van der Waals surface area contributed by atoms with Gasteiger partial charge >= 0.3 is 11.7 Å². The van der Waals surface area contributed by atoms with Crippen molar-refractivity contribution in [2.24, 2.45) is 0 Å². The number of hydrogen-bond donors (Lipinski definition) is 2. The molecule has 1 unspecified atom stereocenters. The summed E-state index contributed by atoms with van der Waals surface area (Å²) in [7, 11) is 0. The fourth-order valence-electron chi connectivity index (χ4n) is 4.27. The van der Waals surface area contributed by atoms with Gasteiger partial charge in [0, 0.05) is 18.1 Å². The molecule has 2 aromatic carbocycles. The number of imidazole rings is 2. The first-order chi connectivity index (χ1) is 16.0. The number of halogens is 1. The number of fused-ring (bicyclic) bond motifs is 3. The fraction of sp³-hybridized carbons (Fsp3) is 0.136. The number of H-pyrrole nitrogens is 1. The van der Waals surface area contributed by atoms with E-state index >= 15 is 0 Å². The van der Waals surface area contributed by atoms with Crippen LogP contribution < -0.4 is 10.4 Å². The van der Waals surface area contributed by atoms with E-state index in [-0.39, 0.29) is 22.8 Å². The number of para-hydroxylation sites is 1. The molecule has 4 heterocycles. The van der Waals surface area contributed by atoms with Gasteiger partial charge < -0.3 is 14.8 Å². The molecule has 11 heteroatoms. The van der Waals surface area contributed by atoms with Crippen molar-refractivity contribution in [3.8, 4) is 11.7 Å². The lowest BCUT2D eigenvalue weighted by atomic mass is 10.0. The van der Waals surface area contributed by atoms with Crippen LogP contribution in [0.5, 0.6) is 5.75 Å². The predicted molar refractivity (Wildman–Crippen MR) is 114 cm³/mol. The van der Waals surface area contributed by atoms with E-state index < -0.39 is 23.5 Å². The van der Waals surface area contributed by atoms with Crippen LogP contribution in [0.4, 0.5) is 4.39 Å². The zero-order valence-corrected chi connectivity index (χ0v) is 16.9. The summed E-state index contributed by atoms with van der Waals surface area (Å²) in [6, 6.07) is 11.0. The number of nitrogens with zero attached hydrogens (tertiary/aromatic N) is 5. The van der Waals surface area contributed by atoms with Crippen molar-refractivity contribution < 1.29 is 19.0 Å². The summed E-state index contributed by atoms with van der Waals surface area (Å²) in [6.07, 6.45) is 1.88. The molecule has 2 N–H and O–H groups in total. The number of ether oxygens (including phenoxy) is 1. The third-order valence-electron chi connectivity index (χ3n) is 5.72. The molecule has 5 aromatic rings. The van der Waals surface area contributed by atoms with Crippen molar-refractivity contribution in [2.45, 2.75) is 12.5 Å². The molecule has 6 rings (SSSR count). The first kappa shape index (κ1) is 19.2. The Balaban J connectivity index is 1.64. The Labute approximate surface area is 183 Å². The molecule has 3 aromatic heterocycles. The molecular formula is C22H15FN6O4. The highest BCUT2D eigenvalue weighted by molar-refractivity contribution is 5.98. The number of aromatic nitrogens is 6. The number of carbonyl (C=O) groups is 1. The van der Waals surface area contributed by atoms with Crippen LogP contribution in [-0.4, -0.2) is 46.8 Å². The molecule has 0 amide bonds. The zero-order chi connectivity index (χ0) is 22.7. The fourth-order valence-corrected chi connectivity index (χ4v) is 4.27.